The Hall–Kier alpha value is -3.21. The van der Waals surface area contributed by atoms with E-state index in [0.717, 1.165) is 11.1 Å². The fraction of sp³-hybridized carbons (Fsp3) is 0.100. The van der Waals surface area contributed by atoms with Crippen LogP contribution in [-0.4, -0.2) is 15.5 Å². The van der Waals surface area contributed by atoms with Crippen LogP contribution in [0.25, 0.3) is 6.08 Å². The molecule has 0 unspecified atom stereocenters. The molecule has 5 heteroatoms. The summed E-state index contributed by atoms with van der Waals surface area (Å²) < 4.78 is 20.0. The lowest BCUT2D eigenvalue weighted by Crippen LogP contribution is -2.08. The Balaban J connectivity index is 1.56. The van der Waals surface area contributed by atoms with Gasteiger partial charge in [0.15, 0.2) is 0 Å². The van der Waals surface area contributed by atoms with Gasteiger partial charge in [0, 0.05) is 25.0 Å². The first-order valence-electron chi connectivity index (χ1n) is 7.85. The maximum absolute atomic E-state index is 12.8. The molecule has 0 amide bonds. The van der Waals surface area contributed by atoms with E-state index in [1.165, 1.54) is 18.2 Å². The van der Waals surface area contributed by atoms with Gasteiger partial charge in [-0.05, 0) is 29.3 Å². The minimum absolute atomic E-state index is 0.0897. The van der Waals surface area contributed by atoms with Crippen LogP contribution in [0.15, 0.2) is 73.1 Å². The average molecular weight is 336 g/mol. The Morgan fingerprint density at radius 3 is 2.64 bits per heavy atom. The Morgan fingerprint density at radius 1 is 1.12 bits per heavy atom. The minimum atomic E-state index is -0.474. The third-order valence-electron chi connectivity index (χ3n) is 3.62. The summed E-state index contributed by atoms with van der Waals surface area (Å²) in [5.74, 6) is -0.115. The van der Waals surface area contributed by atoms with Crippen LogP contribution in [0.2, 0.25) is 0 Å². The van der Waals surface area contributed by atoms with Crippen molar-refractivity contribution in [2.24, 2.45) is 0 Å². The summed E-state index contributed by atoms with van der Waals surface area (Å²) in [7, 11) is 0. The van der Waals surface area contributed by atoms with Crippen LogP contribution in [0.1, 0.15) is 17.0 Å². The fourth-order valence-corrected chi connectivity index (χ4v) is 2.33. The number of hydrogen-bond donors (Lipinski definition) is 0. The molecule has 0 atom stereocenters. The van der Waals surface area contributed by atoms with Crippen LogP contribution < -0.4 is 0 Å². The van der Waals surface area contributed by atoms with E-state index in [1.807, 2.05) is 41.1 Å². The van der Waals surface area contributed by atoms with Gasteiger partial charge in [-0.25, -0.2) is 14.2 Å². The second kappa shape index (κ2) is 8.06. The van der Waals surface area contributed by atoms with E-state index in [1.54, 1.807) is 24.4 Å². The van der Waals surface area contributed by atoms with Crippen molar-refractivity contribution >= 4 is 12.0 Å². The highest BCUT2D eigenvalue weighted by Gasteiger charge is 2.06. The molecular weight excluding hydrogens is 319 g/mol. The van der Waals surface area contributed by atoms with E-state index in [-0.39, 0.29) is 12.4 Å². The number of rotatable bonds is 6. The third kappa shape index (κ3) is 4.88. The highest BCUT2D eigenvalue weighted by atomic mass is 19.1. The lowest BCUT2D eigenvalue weighted by Gasteiger charge is -2.08. The van der Waals surface area contributed by atoms with Crippen molar-refractivity contribution in [3.63, 3.8) is 0 Å². The van der Waals surface area contributed by atoms with E-state index < -0.39 is 5.97 Å². The number of esters is 1. The Kier molecular flexibility index (Phi) is 5.36. The highest BCUT2D eigenvalue weighted by molar-refractivity contribution is 5.86. The van der Waals surface area contributed by atoms with Gasteiger partial charge in [-0.3, -0.25) is 0 Å². The molecule has 0 radical (unpaired) electrons. The van der Waals surface area contributed by atoms with Crippen LogP contribution in [0, 0.1) is 5.82 Å². The molecule has 0 aliphatic heterocycles. The van der Waals surface area contributed by atoms with Crippen molar-refractivity contribution < 1.29 is 13.9 Å². The lowest BCUT2D eigenvalue weighted by atomic mass is 10.2. The van der Waals surface area contributed by atoms with Gasteiger partial charge in [0.2, 0.25) is 0 Å². The summed E-state index contributed by atoms with van der Waals surface area (Å²) in [6.45, 7) is 0.756. The molecule has 0 N–H and O–H groups in total. The quantitative estimate of drug-likeness (QED) is 0.508. The van der Waals surface area contributed by atoms with Crippen molar-refractivity contribution in [2.45, 2.75) is 13.2 Å². The fourth-order valence-electron chi connectivity index (χ4n) is 2.33. The van der Waals surface area contributed by atoms with Crippen molar-refractivity contribution in [1.29, 1.82) is 0 Å². The maximum Gasteiger partial charge on any atom is 0.331 e. The predicted molar refractivity (Wildman–Crippen MR) is 93.0 cm³/mol. The zero-order chi connectivity index (χ0) is 17.5. The van der Waals surface area contributed by atoms with E-state index in [9.17, 15) is 9.18 Å². The molecule has 0 bridgehead atoms. The number of halogens is 1. The first-order valence-corrected chi connectivity index (χ1v) is 7.85. The molecular formula is C20H17FN2O2. The van der Waals surface area contributed by atoms with E-state index in [0.29, 0.717) is 12.4 Å². The molecule has 126 valence electrons. The van der Waals surface area contributed by atoms with Crippen LogP contribution in [-0.2, 0) is 22.7 Å². The molecule has 4 nitrogen and oxygen atoms in total. The smallest absolute Gasteiger partial charge is 0.331 e. The van der Waals surface area contributed by atoms with Gasteiger partial charge in [-0.2, -0.15) is 0 Å². The molecule has 0 fully saturated rings. The molecule has 3 aromatic rings. The van der Waals surface area contributed by atoms with E-state index in [4.69, 9.17) is 4.74 Å². The van der Waals surface area contributed by atoms with Crippen molar-refractivity contribution in [2.75, 3.05) is 0 Å². The zero-order valence-electron chi connectivity index (χ0n) is 13.5. The van der Waals surface area contributed by atoms with Gasteiger partial charge in [-0.15, -0.1) is 0 Å². The van der Waals surface area contributed by atoms with Crippen molar-refractivity contribution in [3.05, 3.63) is 95.8 Å². The number of nitrogens with zero attached hydrogens (tertiary/aromatic N) is 2. The largest absolute Gasteiger partial charge is 0.454 e. The second-order valence-corrected chi connectivity index (χ2v) is 5.45. The molecule has 0 aliphatic carbocycles. The average Bonchev–Trinajstić information content (AvgIpc) is 3.07. The number of benzene rings is 2. The summed E-state index contributed by atoms with van der Waals surface area (Å²) >= 11 is 0. The maximum atomic E-state index is 12.8. The molecule has 0 aliphatic rings. The molecule has 0 spiro atoms. The molecule has 1 heterocycles. The van der Waals surface area contributed by atoms with Gasteiger partial charge in [-0.1, -0.05) is 42.5 Å². The van der Waals surface area contributed by atoms with Crippen LogP contribution in [0.5, 0.6) is 0 Å². The first-order chi connectivity index (χ1) is 12.2. The van der Waals surface area contributed by atoms with Gasteiger partial charge >= 0.3 is 5.97 Å². The van der Waals surface area contributed by atoms with Gasteiger partial charge in [0.05, 0.1) is 0 Å². The normalized spacial score (nSPS) is 10.9. The van der Waals surface area contributed by atoms with Crippen LogP contribution in [0.4, 0.5) is 4.39 Å². The summed E-state index contributed by atoms with van der Waals surface area (Å²) in [6, 6.07) is 15.8. The van der Waals surface area contributed by atoms with Gasteiger partial charge in [0.1, 0.15) is 18.2 Å². The SMILES string of the molecule is O=C(/C=C/c1ccc(F)cc1)OCc1nccn1Cc1ccccc1. The van der Waals surface area contributed by atoms with E-state index in [2.05, 4.69) is 4.98 Å². The molecule has 2 aromatic carbocycles. The summed E-state index contributed by atoms with van der Waals surface area (Å²) in [6.07, 6.45) is 6.43. The number of hydrogen-bond acceptors (Lipinski definition) is 3. The highest BCUT2D eigenvalue weighted by Crippen LogP contribution is 2.08. The van der Waals surface area contributed by atoms with Crippen molar-refractivity contribution in [3.8, 4) is 0 Å². The predicted octanol–water partition coefficient (Wildman–Crippen LogP) is 3.83. The number of imidazole rings is 1. The third-order valence-corrected chi connectivity index (χ3v) is 3.62. The molecule has 0 saturated heterocycles. The summed E-state index contributed by atoms with van der Waals surface area (Å²) in [4.78, 5) is 16.1. The monoisotopic (exact) mass is 336 g/mol. The lowest BCUT2D eigenvalue weighted by molar-refractivity contribution is -0.139. The van der Waals surface area contributed by atoms with Gasteiger partial charge < -0.3 is 9.30 Å². The summed E-state index contributed by atoms with van der Waals surface area (Å²) in [5, 5.41) is 0. The Morgan fingerprint density at radius 2 is 1.88 bits per heavy atom. The van der Waals surface area contributed by atoms with Gasteiger partial charge in [0.25, 0.3) is 0 Å². The second-order valence-electron chi connectivity index (χ2n) is 5.45. The first kappa shape index (κ1) is 16.6. The zero-order valence-corrected chi connectivity index (χ0v) is 13.5. The van der Waals surface area contributed by atoms with Crippen LogP contribution >= 0.6 is 0 Å². The topological polar surface area (TPSA) is 44.1 Å². The standard InChI is InChI=1S/C20H17FN2O2/c21-18-9-6-16(7-10-18)8-11-20(24)25-15-19-22-12-13-23(19)14-17-4-2-1-3-5-17/h1-13H,14-15H2/b11-8+. The molecule has 3 rings (SSSR count). The Labute approximate surface area is 145 Å². The molecule has 1 aromatic heterocycles. The number of ether oxygens (including phenoxy) is 1. The van der Waals surface area contributed by atoms with Crippen molar-refractivity contribution in [1.82, 2.24) is 9.55 Å². The number of aromatic nitrogens is 2. The number of carbonyl (C=O) groups is 1. The molecule has 25 heavy (non-hydrogen) atoms. The minimum Gasteiger partial charge on any atom is -0.454 e. The number of carbonyl (C=O) groups excluding carboxylic acids is 1. The van der Waals surface area contributed by atoms with Crippen LogP contribution in [0.3, 0.4) is 0 Å². The Bertz CT molecular complexity index is 855. The van der Waals surface area contributed by atoms with E-state index >= 15 is 0 Å². The molecule has 0 saturated carbocycles. The summed E-state index contributed by atoms with van der Waals surface area (Å²) in [5.41, 5.74) is 1.87.